The first-order chi connectivity index (χ1) is 9.65. The average molecular weight is 330 g/mol. The predicted molar refractivity (Wildman–Crippen MR) is 81.1 cm³/mol. The first-order valence-electron chi connectivity index (χ1n) is 5.93. The maximum absolute atomic E-state index is 11.5. The average Bonchev–Trinajstić information content (AvgIpc) is 2.93. The topological polar surface area (TPSA) is 57.8 Å². The summed E-state index contributed by atoms with van der Waals surface area (Å²) in [5.74, 6) is -0.393. The highest BCUT2D eigenvalue weighted by Gasteiger charge is 2.08. The van der Waals surface area contributed by atoms with Crippen molar-refractivity contribution in [1.82, 2.24) is 9.88 Å². The predicted octanol–water partition coefficient (Wildman–Crippen LogP) is 2.89. The van der Waals surface area contributed by atoms with Crippen molar-refractivity contribution in [3.05, 3.63) is 58.3 Å². The highest BCUT2D eigenvalue weighted by Crippen LogP contribution is 2.18. The van der Waals surface area contributed by atoms with Crippen LogP contribution in [-0.2, 0) is 4.79 Å². The smallest absolute Gasteiger partial charge is 0.261 e. The fraction of sp³-hybridized carbons (Fsp3) is 0.0667. The Morgan fingerprint density at radius 3 is 2.65 bits per heavy atom. The van der Waals surface area contributed by atoms with Gasteiger partial charge in [0.2, 0.25) is 0 Å². The quantitative estimate of drug-likeness (QED) is 0.695. The Balaban J connectivity index is 2.43. The van der Waals surface area contributed by atoms with Gasteiger partial charge in [-0.1, -0.05) is 15.9 Å². The van der Waals surface area contributed by atoms with Crippen LogP contribution >= 0.6 is 15.9 Å². The minimum atomic E-state index is -0.393. The van der Waals surface area contributed by atoms with E-state index in [0.29, 0.717) is 0 Å². The molecule has 0 radical (unpaired) electrons. The maximum Gasteiger partial charge on any atom is 0.261 e. The summed E-state index contributed by atoms with van der Waals surface area (Å²) in [5, 5.41) is 11.5. The van der Waals surface area contributed by atoms with Gasteiger partial charge in [0.25, 0.3) is 5.91 Å². The van der Waals surface area contributed by atoms with Crippen molar-refractivity contribution < 1.29 is 4.79 Å². The van der Waals surface area contributed by atoms with E-state index in [4.69, 9.17) is 5.26 Å². The van der Waals surface area contributed by atoms with Crippen molar-refractivity contribution in [2.45, 2.75) is 0 Å². The number of amides is 1. The van der Waals surface area contributed by atoms with Crippen LogP contribution in [-0.4, -0.2) is 17.5 Å². The third-order valence-corrected chi connectivity index (χ3v) is 3.30. The molecule has 0 saturated carbocycles. The molecule has 0 saturated heterocycles. The second kappa shape index (κ2) is 6.22. The highest BCUT2D eigenvalue weighted by molar-refractivity contribution is 9.10. The SMILES string of the molecule is CNC(=O)C(C#N)=Cc1cccn1-c1ccc(Br)cc1. The Labute approximate surface area is 125 Å². The Bertz CT molecular complexity index is 693. The van der Waals surface area contributed by atoms with Crippen LogP contribution in [0.5, 0.6) is 0 Å². The standard InChI is InChI=1S/C15H12BrN3O/c1-18-15(20)11(10-17)9-14-3-2-8-19(14)13-6-4-12(16)5-7-13/h2-9H,1H3,(H,18,20). The molecule has 1 aromatic heterocycles. The van der Waals surface area contributed by atoms with Gasteiger partial charge in [-0.2, -0.15) is 5.26 Å². The van der Waals surface area contributed by atoms with Crippen LogP contribution in [0.15, 0.2) is 52.6 Å². The molecule has 0 aliphatic rings. The van der Waals surface area contributed by atoms with Gasteiger partial charge in [0, 0.05) is 29.1 Å². The molecule has 100 valence electrons. The van der Waals surface area contributed by atoms with E-state index in [2.05, 4.69) is 21.2 Å². The van der Waals surface area contributed by atoms with Crippen LogP contribution in [0.25, 0.3) is 11.8 Å². The van der Waals surface area contributed by atoms with Gasteiger partial charge in [0.1, 0.15) is 11.6 Å². The number of nitriles is 1. The summed E-state index contributed by atoms with van der Waals surface area (Å²) >= 11 is 3.39. The Hall–Kier alpha value is -2.32. The number of aromatic nitrogens is 1. The second-order valence-electron chi connectivity index (χ2n) is 4.03. The molecular weight excluding hydrogens is 318 g/mol. The first kappa shape index (κ1) is 14.1. The van der Waals surface area contributed by atoms with E-state index in [0.717, 1.165) is 15.9 Å². The molecule has 0 spiro atoms. The summed E-state index contributed by atoms with van der Waals surface area (Å²) in [4.78, 5) is 11.5. The first-order valence-corrected chi connectivity index (χ1v) is 6.72. The van der Waals surface area contributed by atoms with Gasteiger partial charge in [0.05, 0.1) is 0 Å². The third-order valence-electron chi connectivity index (χ3n) is 2.77. The summed E-state index contributed by atoms with van der Waals surface area (Å²) in [5.41, 5.74) is 1.80. The van der Waals surface area contributed by atoms with E-state index in [1.54, 1.807) is 6.08 Å². The molecule has 0 unspecified atom stereocenters. The van der Waals surface area contributed by atoms with E-state index in [-0.39, 0.29) is 5.57 Å². The molecule has 1 heterocycles. The van der Waals surface area contributed by atoms with Crippen molar-refractivity contribution in [3.8, 4) is 11.8 Å². The van der Waals surface area contributed by atoms with Crippen molar-refractivity contribution >= 4 is 27.9 Å². The molecule has 0 aliphatic heterocycles. The van der Waals surface area contributed by atoms with E-state index >= 15 is 0 Å². The zero-order chi connectivity index (χ0) is 14.5. The molecule has 4 nitrogen and oxygen atoms in total. The van der Waals surface area contributed by atoms with Crippen molar-refractivity contribution in [1.29, 1.82) is 5.26 Å². The largest absolute Gasteiger partial charge is 0.354 e. The fourth-order valence-electron chi connectivity index (χ4n) is 1.78. The molecule has 5 heteroatoms. The Morgan fingerprint density at radius 2 is 2.05 bits per heavy atom. The lowest BCUT2D eigenvalue weighted by Gasteiger charge is -2.07. The van der Waals surface area contributed by atoms with Crippen molar-refractivity contribution in [2.75, 3.05) is 7.05 Å². The monoisotopic (exact) mass is 329 g/mol. The zero-order valence-electron chi connectivity index (χ0n) is 10.8. The van der Waals surface area contributed by atoms with Gasteiger partial charge in [-0.15, -0.1) is 0 Å². The van der Waals surface area contributed by atoms with E-state index in [9.17, 15) is 4.79 Å². The highest BCUT2D eigenvalue weighted by atomic mass is 79.9. The lowest BCUT2D eigenvalue weighted by molar-refractivity contribution is -0.116. The van der Waals surface area contributed by atoms with E-state index < -0.39 is 5.91 Å². The lowest BCUT2D eigenvalue weighted by atomic mass is 10.2. The summed E-state index contributed by atoms with van der Waals surface area (Å²) in [6.07, 6.45) is 3.45. The van der Waals surface area contributed by atoms with Crippen LogP contribution < -0.4 is 5.32 Å². The molecule has 2 rings (SSSR count). The fourth-order valence-corrected chi connectivity index (χ4v) is 2.04. The molecule has 2 aromatic rings. The molecule has 1 N–H and O–H groups in total. The van der Waals surface area contributed by atoms with E-state index in [1.807, 2.05) is 53.2 Å². The number of rotatable bonds is 3. The summed E-state index contributed by atoms with van der Waals surface area (Å²) < 4.78 is 2.90. The van der Waals surface area contributed by atoms with Gasteiger partial charge >= 0.3 is 0 Å². The number of hydrogen-bond donors (Lipinski definition) is 1. The summed E-state index contributed by atoms with van der Waals surface area (Å²) in [6, 6.07) is 13.4. The number of likely N-dealkylation sites (N-methyl/N-ethyl adjacent to an activating group) is 1. The van der Waals surface area contributed by atoms with Crippen LogP contribution in [0.4, 0.5) is 0 Å². The van der Waals surface area contributed by atoms with Gasteiger partial charge < -0.3 is 9.88 Å². The van der Waals surface area contributed by atoms with Crippen LogP contribution in [0, 0.1) is 11.3 Å². The minimum absolute atomic E-state index is 0.0737. The maximum atomic E-state index is 11.5. The number of carbonyl (C=O) groups is 1. The summed E-state index contributed by atoms with van der Waals surface area (Å²) in [7, 11) is 1.50. The molecule has 20 heavy (non-hydrogen) atoms. The number of nitrogens with one attached hydrogen (secondary N) is 1. The Morgan fingerprint density at radius 1 is 1.35 bits per heavy atom. The molecule has 1 amide bonds. The third kappa shape index (κ3) is 2.98. The van der Waals surface area contributed by atoms with Crippen LogP contribution in [0.3, 0.4) is 0 Å². The van der Waals surface area contributed by atoms with Crippen molar-refractivity contribution in [2.24, 2.45) is 0 Å². The molecular formula is C15H12BrN3O. The van der Waals surface area contributed by atoms with Gasteiger partial charge in [-0.05, 0) is 42.5 Å². The second-order valence-corrected chi connectivity index (χ2v) is 4.94. The molecule has 0 bridgehead atoms. The van der Waals surface area contributed by atoms with E-state index in [1.165, 1.54) is 7.05 Å². The van der Waals surface area contributed by atoms with Gasteiger partial charge in [-0.25, -0.2) is 0 Å². The summed E-state index contributed by atoms with van der Waals surface area (Å²) in [6.45, 7) is 0. The number of carbonyl (C=O) groups excluding carboxylic acids is 1. The number of nitrogens with zero attached hydrogens (tertiary/aromatic N) is 2. The number of benzene rings is 1. The van der Waals surface area contributed by atoms with Crippen LogP contribution in [0.2, 0.25) is 0 Å². The number of hydrogen-bond acceptors (Lipinski definition) is 2. The van der Waals surface area contributed by atoms with Gasteiger partial charge in [0.15, 0.2) is 0 Å². The molecule has 0 fully saturated rings. The molecule has 0 aliphatic carbocycles. The van der Waals surface area contributed by atoms with Gasteiger partial charge in [-0.3, -0.25) is 4.79 Å². The Kier molecular flexibility index (Phi) is 4.38. The minimum Gasteiger partial charge on any atom is -0.354 e. The lowest BCUT2D eigenvalue weighted by Crippen LogP contribution is -2.19. The number of halogens is 1. The van der Waals surface area contributed by atoms with Crippen LogP contribution in [0.1, 0.15) is 5.69 Å². The molecule has 1 aromatic carbocycles. The normalized spacial score (nSPS) is 10.9. The van der Waals surface area contributed by atoms with Crippen molar-refractivity contribution in [3.63, 3.8) is 0 Å². The molecule has 0 atom stereocenters. The zero-order valence-corrected chi connectivity index (χ0v) is 12.4.